The van der Waals surface area contributed by atoms with Gasteiger partial charge < -0.3 is 0 Å². The molecular weight excluding hydrogens is 152 g/mol. The van der Waals surface area contributed by atoms with E-state index >= 15 is 0 Å². The highest BCUT2D eigenvalue weighted by Crippen LogP contribution is 2.05. The fraction of sp³-hybridized carbons (Fsp3) is 0.100. The summed E-state index contributed by atoms with van der Waals surface area (Å²) in [5.41, 5.74) is 1.41. The van der Waals surface area contributed by atoms with E-state index in [1.807, 2.05) is 0 Å². The Bertz CT molecular complexity index is 308. The molecule has 1 rings (SSSR count). The molecule has 0 bridgehead atoms. The van der Waals surface area contributed by atoms with E-state index in [1.54, 1.807) is 30.2 Å². The molecular formula is C10H8O2. The van der Waals surface area contributed by atoms with Crippen LogP contribution in [0.25, 0.3) is 6.08 Å². The fourth-order valence-electron chi connectivity index (χ4n) is 0.882. The van der Waals surface area contributed by atoms with Crippen molar-refractivity contribution in [1.82, 2.24) is 0 Å². The van der Waals surface area contributed by atoms with E-state index in [4.69, 9.17) is 0 Å². The van der Waals surface area contributed by atoms with Crippen molar-refractivity contribution in [2.45, 2.75) is 6.92 Å². The average molecular weight is 160 g/mol. The molecule has 2 heteroatoms. The van der Waals surface area contributed by atoms with Crippen molar-refractivity contribution in [1.29, 1.82) is 0 Å². The Morgan fingerprint density at radius 2 is 1.92 bits per heavy atom. The first-order valence-electron chi connectivity index (χ1n) is 3.56. The summed E-state index contributed by atoms with van der Waals surface area (Å²) < 4.78 is 0. The summed E-state index contributed by atoms with van der Waals surface area (Å²) in [5.74, 6) is 1.70. The van der Waals surface area contributed by atoms with Crippen LogP contribution in [0.15, 0.2) is 24.3 Å². The van der Waals surface area contributed by atoms with E-state index in [2.05, 4.69) is 0 Å². The standard InChI is InChI=1S/C10H8O2/c1-8(12)10-4-2-9(3-5-10)6-7-11/h2-6H,1H3. The lowest BCUT2D eigenvalue weighted by molar-refractivity contribution is 0.101. The number of ketones is 1. The molecule has 0 saturated carbocycles. The molecule has 1 aromatic rings. The average Bonchev–Trinajstić information content (AvgIpc) is 2.06. The van der Waals surface area contributed by atoms with Crippen LogP contribution in [0.1, 0.15) is 22.8 Å². The monoisotopic (exact) mass is 160 g/mol. The van der Waals surface area contributed by atoms with Gasteiger partial charge in [-0.1, -0.05) is 24.3 Å². The third kappa shape index (κ3) is 1.91. The largest absolute Gasteiger partial charge is 0.295 e. The zero-order valence-corrected chi connectivity index (χ0v) is 6.70. The molecule has 0 aliphatic heterocycles. The van der Waals surface area contributed by atoms with Gasteiger partial charge in [-0.15, -0.1) is 0 Å². The maximum absolute atomic E-state index is 10.8. The van der Waals surface area contributed by atoms with Crippen LogP contribution >= 0.6 is 0 Å². The Labute approximate surface area is 70.5 Å². The minimum absolute atomic E-state index is 0.0247. The summed E-state index contributed by atoms with van der Waals surface area (Å²) in [6.45, 7) is 1.50. The van der Waals surface area contributed by atoms with Crippen LogP contribution in [0.3, 0.4) is 0 Å². The molecule has 0 aliphatic carbocycles. The van der Waals surface area contributed by atoms with Crippen LogP contribution in [0, 0.1) is 0 Å². The quantitative estimate of drug-likeness (QED) is 0.487. The molecule has 0 saturated heterocycles. The second-order valence-electron chi connectivity index (χ2n) is 2.44. The molecule has 2 nitrogen and oxygen atoms in total. The Morgan fingerprint density at radius 3 is 2.33 bits per heavy atom. The number of carbonyl (C=O) groups excluding carboxylic acids is 2. The number of hydrogen-bond donors (Lipinski definition) is 0. The van der Waals surface area contributed by atoms with Gasteiger partial charge in [0.1, 0.15) is 5.94 Å². The lowest BCUT2D eigenvalue weighted by Gasteiger charge is -1.94. The van der Waals surface area contributed by atoms with Gasteiger partial charge in [0.05, 0.1) is 0 Å². The van der Waals surface area contributed by atoms with E-state index < -0.39 is 0 Å². The predicted octanol–water partition coefficient (Wildman–Crippen LogP) is 1.73. The minimum atomic E-state index is 0.0247. The van der Waals surface area contributed by atoms with Gasteiger partial charge in [0.2, 0.25) is 0 Å². The molecule has 0 N–H and O–H groups in total. The first kappa shape index (κ1) is 8.44. The molecule has 0 amide bonds. The van der Waals surface area contributed by atoms with E-state index in [1.165, 1.54) is 13.0 Å². The van der Waals surface area contributed by atoms with Gasteiger partial charge in [-0.3, -0.25) is 4.79 Å². The van der Waals surface area contributed by atoms with Gasteiger partial charge in [-0.05, 0) is 12.5 Å². The summed E-state index contributed by atoms with van der Waals surface area (Å²) in [4.78, 5) is 20.8. The van der Waals surface area contributed by atoms with E-state index in [0.29, 0.717) is 5.56 Å². The van der Waals surface area contributed by atoms with E-state index in [9.17, 15) is 9.59 Å². The van der Waals surface area contributed by atoms with Crippen molar-refractivity contribution in [3.05, 3.63) is 35.4 Å². The Kier molecular flexibility index (Phi) is 2.57. The zero-order chi connectivity index (χ0) is 8.97. The van der Waals surface area contributed by atoms with Crippen molar-refractivity contribution in [3.8, 4) is 0 Å². The van der Waals surface area contributed by atoms with Crippen LogP contribution in [-0.4, -0.2) is 11.7 Å². The zero-order valence-electron chi connectivity index (χ0n) is 6.70. The van der Waals surface area contributed by atoms with E-state index in [0.717, 1.165) is 5.56 Å². The molecule has 1 aromatic carbocycles. The highest BCUT2D eigenvalue weighted by Gasteiger charge is 1.96. The van der Waals surface area contributed by atoms with Crippen LogP contribution in [0.5, 0.6) is 0 Å². The predicted molar refractivity (Wildman–Crippen MR) is 46.6 cm³/mol. The fourth-order valence-corrected chi connectivity index (χ4v) is 0.882. The highest BCUT2D eigenvalue weighted by molar-refractivity contribution is 5.94. The normalized spacial score (nSPS) is 8.75. The van der Waals surface area contributed by atoms with Crippen LogP contribution in [0.2, 0.25) is 0 Å². The van der Waals surface area contributed by atoms with Crippen molar-refractivity contribution in [2.24, 2.45) is 0 Å². The maximum atomic E-state index is 10.8. The SMILES string of the molecule is CC(=O)c1ccc(C=C=O)cc1. The van der Waals surface area contributed by atoms with Crippen molar-refractivity contribution in [3.63, 3.8) is 0 Å². The van der Waals surface area contributed by atoms with E-state index in [-0.39, 0.29) is 5.78 Å². The van der Waals surface area contributed by atoms with Gasteiger partial charge in [0.25, 0.3) is 0 Å². The van der Waals surface area contributed by atoms with Crippen molar-refractivity contribution < 1.29 is 9.59 Å². The molecule has 0 spiro atoms. The molecule has 12 heavy (non-hydrogen) atoms. The third-order valence-corrected chi connectivity index (χ3v) is 1.54. The van der Waals surface area contributed by atoms with Gasteiger partial charge in [0.15, 0.2) is 5.78 Å². The number of hydrogen-bond acceptors (Lipinski definition) is 2. The maximum Gasteiger partial charge on any atom is 0.159 e. The van der Waals surface area contributed by atoms with Gasteiger partial charge in [-0.25, -0.2) is 4.79 Å². The molecule has 0 heterocycles. The van der Waals surface area contributed by atoms with Crippen LogP contribution in [0.4, 0.5) is 0 Å². The smallest absolute Gasteiger partial charge is 0.159 e. The summed E-state index contributed by atoms with van der Waals surface area (Å²) >= 11 is 0. The number of carbonyl (C=O) groups is 1. The lowest BCUT2D eigenvalue weighted by atomic mass is 10.1. The second kappa shape index (κ2) is 3.65. The summed E-state index contributed by atoms with van der Waals surface area (Å²) in [5, 5.41) is 0. The molecule has 0 aliphatic rings. The van der Waals surface area contributed by atoms with Gasteiger partial charge in [-0.2, -0.15) is 0 Å². The summed E-state index contributed by atoms with van der Waals surface area (Å²) in [6, 6.07) is 6.79. The highest BCUT2D eigenvalue weighted by atomic mass is 16.1. The third-order valence-electron chi connectivity index (χ3n) is 1.54. The summed E-state index contributed by atoms with van der Waals surface area (Å²) in [6.07, 6.45) is 1.32. The van der Waals surface area contributed by atoms with Gasteiger partial charge in [0, 0.05) is 11.6 Å². The van der Waals surface area contributed by atoms with Crippen molar-refractivity contribution >= 4 is 17.8 Å². The minimum Gasteiger partial charge on any atom is -0.295 e. The first-order valence-corrected chi connectivity index (χ1v) is 3.56. The molecule has 0 fully saturated rings. The molecule has 0 unspecified atom stereocenters. The molecule has 0 radical (unpaired) electrons. The van der Waals surface area contributed by atoms with Crippen molar-refractivity contribution in [2.75, 3.05) is 0 Å². The van der Waals surface area contributed by atoms with Crippen LogP contribution in [-0.2, 0) is 4.79 Å². The second-order valence-corrected chi connectivity index (χ2v) is 2.44. The lowest BCUT2D eigenvalue weighted by Crippen LogP contribution is -1.90. The van der Waals surface area contributed by atoms with Gasteiger partial charge >= 0.3 is 0 Å². The Hall–Kier alpha value is -1.66. The number of benzene rings is 1. The summed E-state index contributed by atoms with van der Waals surface area (Å²) in [7, 11) is 0. The Morgan fingerprint density at radius 1 is 1.33 bits per heavy atom. The molecule has 0 atom stereocenters. The number of rotatable bonds is 2. The molecule has 0 aromatic heterocycles. The topological polar surface area (TPSA) is 34.1 Å². The molecule has 60 valence electrons. The number of Topliss-reactive ketones (excluding diaryl/α,β-unsaturated/α-hetero) is 1. The van der Waals surface area contributed by atoms with Crippen LogP contribution < -0.4 is 0 Å². The first-order chi connectivity index (χ1) is 5.74. The Balaban J connectivity index is 3.00.